The van der Waals surface area contributed by atoms with Crippen LogP contribution < -0.4 is 10.5 Å². The Hall–Kier alpha value is -2.77. The van der Waals surface area contributed by atoms with Gasteiger partial charge in [0.25, 0.3) is 5.56 Å². The second-order valence-electron chi connectivity index (χ2n) is 7.74. The number of aromatic nitrogens is 2. The highest BCUT2D eigenvalue weighted by atomic mass is 19.1. The molecule has 0 spiro atoms. The number of H-pyrrole nitrogens is 1. The van der Waals surface area contributed by atoms with E-state index in [1.807, 2.05) is 53.4 Å². The highest BCUT2D eigenvalue weighted by Gasteiger charge is 2.27. The second kappa shape index (κ2) is 20.4. The van der Waals surface area contributed by atoms with Crippen LogP contribution in [-0.4, -0.2) is 47.3 Å². The second-order valence-corrected chi connectivity index (χ2v) is 7.74. The number of aromatic amines is 1. The standard InChI is InChI=1S/C20H25FN4O2.C2H5F.3C2H6/c1-13(2)8-17-18(10-22-23-20(17)27)24-6-7-25(19(26)12-24)11-15-4-5-16(21)9-14(15)3;1-2-3;3*1-2/h4-5,9-10,13H,6-8,11-12H2,1-3H3,(H,23,27);2H2,1H3;3*1-2H3. The van der Waals surface area contributed by atoms with Crippen molar-refractivity contribution < 1.29 is 13.6 Å². The summed E-state index contributed by atoms with van der Waals surface area (Å²) < 4.78 is 23.6. The number of amides is 1. The highest BCUT2D eigenvalue weighted by molar-refractivity contribution is 5.83. The highest BCUT2D eigenvalue weighted by Crippen LogP contribution is 2.22. The lowest BCUT2D eigenvalue weighted by Gasteiger charge is -2.36. The first kappa shape index (κ1) is 35.4. The van der Waals surface area contributed by atoms with E-state index < -0.39 is 0 Å². The van der Waals surface area contributed by atoms with E-state index in [2.05, 4.69) is 24.0 Å². The molecular formula is C28H48F2N4O2. The first-order valence-electron chi connectivity index (χ1n) is 13.2. The van der Waals surface area contributed by atoms with Crippen molar-refractivity contribution in [3.8, 4) is 0 Å². The number of carbonyl (C=O) groups excluding carboxylic acids is 1. The predicted octanol–water partition coefficient (Wildman–Crippen LogP) is 6.32. The molecule has 1 aliphatic rings. The molecule has 0 bridgehead atoms. The van der Waals surface area contributed by atoms with E-state index >= 15 is 0 Å². The largest absolute Gasteiger partial charge is 0.359 e. The first-order chi connectivity index (χ1) is 17.3. The van der Waals surface area contributed by atoms with E-state index in [1.165, 1.54) is 19.1 Å². The summed E-state index contributed by atoms with van der Waals surface area (Å²) in [7, 11) is 0. The number of anilines is 1. The van der Waals surface area contributed by atoms with Crippen molar-refractivity contribution in [1.82, 2.24) is 15.1 Å². The van der Waals surface area contributed by atoms with E-state index in [1.54, 1.807) is 17.2 Å². The van der Waals surface area contributed by atoms with Crippen molar-refractivity contribution in [2.45, 2.75) is 82.2 Å². The van der Waals surface area contributed by atoms with Crippen LogP contribution in [0.4, 0.5) is 14.5 Å². The summed E-state index contributed by atoms with van der Waals surface area (Å²) in [5.74, 6) is 0.0401. The smallest absolute Gasteiger partial charge is 0.269 e. The van der Waals surface area contributed by atoms with Crippen LogP contribution >= 0.6 is 0 Å². The van der Waals surface area contributed by atoms with Crippen LogP contribution in [0.15, 0.2) is 29.2 Å². The lowest BCUT2D eigenvalue weighted by molar-refractivity contribution is -0.131. The lowest BCUT2D eigenvalue weighted by Crippen LogP contribution is -2.50. The Balaban J connectivity index is 0. The van der Waals surface area contributed by atoms with Crippen LogP contribution in [0.2, 0.25) is 0 Å². The molecule has 1 saturated heterocycles. The number of benzene rings is 1. The van der Waals surface area contributed by atoms with Gasteiger partial charge in [0.05, 0.1) is 25.1 Å². The molecule has 206 valence electrons. The minimum Gasteiger partial charge on any atom is -0.359 e. The van der Waals surface area contributed by atoms with Crippen LogP contribution in [-0.2, 0) is 17.8 Å². The Morgan fingerprint density at radius 3 is 2.14 bits per heavy atom. The SMILES string of the molecule is CC.CC.CC.CCF.Cc1cc(F)ccc1CN1CCN(c2cn[nH]c(=O)c2CC(C)C)CC1=O. The van der Waals surface area contributed by atoms with E-state index in [4.69, 9.17) is 0 Å². The summed E-state index contributed by atoms with van der Waals surface area (Å²) in [6.45, 7) is 21.0. The summed E-state index contributed by atoms with van der Waals surface area (Å²) in [4.78, 5) is 28.6. The molecule has 0 radical (unpaired) electrons. The minimum absolute atomic E-state index is 0.0132. The molecule has 1 aromatic heterocycles. The fourth-order valence-corrected chi connectivity index (χ4v) is 3.42. The van der Waals surface area contributed by atoms with Crippen LogP contribution in [0, 0.1) is 18.7 Å². The summed E-state index contributed by atoms with van der Waals surface area (Å²) in [6, 6.07) is 4.63. The van der Waals surface area contributed by atoms with Crippen molar-refractivity contribution in [3.05, 3.63) is 57.3 Å². The van der Waals surface area contributed by atoms with Gasteiger partial charge in [-0.05, 0) is 49.4 Å². The third-order valence-electron chi connectivity index (χ3n) is 4.87. The normalized spacial score (nSPS) is 12.2. The Morgan fingerprint density at radius 2 is 1.64 bits per heavy atom. The van der Waals surface area contributed by atoms with Crippen molar-refractivity contribution >= 4 is 11.6 Å². The Labute approximate surface area is 217 Å². The van der Waals surface area contributed by atoms with Crippen LogP contribution in [0.3, 0.4) is 0 Å². The van der Waals surface area contributed by atoms with E-state index in [0.29, 0.717) is 37.5 Å². The zero-order chi connectivity index (χ0) is 28.3. The van der Waals surface area contributed by atoms with Gasteiger partial charge in [-0.3, -0.25) is 14.0 Å². The number of alkyl halides is 1. The van der Waals surface area contributed by atoms with Crippen LogP contribution in [0.5, 0.6) is 0 Å². The third-order valence-corrected chi connectivity index (χ3v) is 4.87. The molecule has 0 unspecified atom stereocenters. The number of hydrogen-bond donors (Lipinski definition) is 1. The van der Waals surface area contributed by atoms with Gasteiger partial charge in [0.1, 0.15) is 5.82 Å². The Morgan fingerprint density at radius 1 is 1.06 bits per heavy atom. The molecule has 1 amide bonds. The Kier molecular flexibility index (Phi) is 20.1. The lowest BCUT2D eigenvalue weighted by atomic mass is 10.0. The molecule has 1 fully saturated rings. The molecule has 0 aliphatic carbocycles. The molecule has 36 heavy (non-hydrogen) atoms. The van der Waals surface area contributed by atoms with Gasteiger partial charge in [-0.1, -0.05) is 61.5 Å². The number of carbonyl (C=O) groups is 1. The van der Waals surface area contributed by atoms with Crippen molar-refractivity contribution in [2.24, 2.45) is 5.92 Å². The molecule has 1 aliphatic heterocycles. The number of nitrogens with one attached hydrogen (secondary N) is 1. The zero-order valence-electron chi connectivity index (χ0n) is 24.0. The number of hydrogen-bond acceptors (Lipinski definition) is 4. The van der Waals surface area contributed by atoms with Gasteiger partial charge in [-0.25, -0.2) is 9.49 Å². The van der Waals surface area contributed by atoms with Crippen molar-refractivity contribution in [3.63, 3.8) is 0 Å². The van der Waals surface area contributed by atoms with Gasteiger partial charge in [0.2, 0.25) is 5.91 Å². The topological polar surface area (TPSA) is 69.3 Å². The maximum atomic E-state index is 13.3. The molecule has 6 nitrogen and oxygen atoms in total. The summed E-state index contributed by atoms with van der Waals surface area (Å²) in [5, 5.41) is 6.41. The quantitative estimate of drug-likeness (QED) is 0.511. The number of rotatable bonds is 5. The van der Waals surface area contributed by atoms with Crippen LogP contribution in [0.25, 0.3) is 0 Å². The van der Waals surface area contributed by atoms with Crippen molar-refractivity contribution in [2.75, 3.05) is 31.2 Å². The minimum atomic E-state index is -0.271. The van der Waals surface area contributed by atoms with E-state index in [9.17, 15) is 18.4 Å². The van der Waals surface area contributed by atoms with E-state index in [0.717, 1.165) is 16.8 Å². The van der Waals surface area contributed by atoms with Crippen LogP contribution in [0.1, 0.15) is 79.0 Å². The third kappa shape index (κ3) is 11.8. The molecule has 8 heteroatoms. The van der Waals surface area contributed by atoms with Gasteiger partial charge in [-0.15, -0.1) is 0 Å². The molecule has 2 aromatic rings. The fourth-order valence-electron chi connectivity index (χ4n) is 3.42. The number of piperazine rings is 1. The van der Waals surface area contributed by atoms with Gasteiger partial charge in [-0.2, -0.15) is 5.10 Å². The molecule has 1 aromatic carbocycles. The first-order valence-corrected chi connectivity index (χ1v) is 13.2. The molecular weight excluding hydrogens is 462 g/mol. The number of nitrogens with zero attached hydrogens (tertiary/aromatic N) is 3. The summed E-state index contributed by atoms with van der Waals surface area (Å²) in [5.41, 5.74) is 2.99. The average Bonchev–Trinajstić information content (AvgIpc) is 2.87. The zero-order valence-corrected chi connectivity index (χ0v) is 24.0. The van der Waals surface area contributed by atoms with Gasteiger partial charge in [0.15, 0.2) is 0 Å². The molecule has 0 saturated carbocycles. The summed E-state index contributed by atoms with van der Waals surface area (Å²) >= 11 is 0. The maximum Gasteiger partial charge on any atom is 0.269 e. The van der Waals surface area contributed by atoms with Gasteiger partial charge >= 0.3 is 0 Å². The predicted molar refractivity (Wildman–Crippen MR) is 148 cm³/mol. The maximum absolute atomic E-state index is 13.3. The fraction of sp³-hybridized carbons (Fsp3) is 0.607. The van der Waals surface area contributed by atoms with Gasteiger partial charge < -0.3 is 9.80 Å². The number of aryl methyl sites for hydroxylation is 1. The molecule has 2 heterocycles. The monoisotopic (exact) mass is 510 g/mol. The van der Waals surface area contributed by atoms with E-state index in [-0.39, 0.29) is 30.5 Å². The molecule has 3 rings (SSSR count). The van der Waals surface area contributed by atoms with Gasteiger partial charge in [0, 0.05) is 25.2 Å². The molecule has 1 N–H and O–H groups in total. The summed E-state index contributed by atoms with van der Waals surface area (Å²) in [6.07, 6.45) is 2.27. The Bertz CT molecular complexity index is 917. The average molecular weight is 511 g/mol. The number of halogens is 2. The molecule has 0 atom stereocenters. The van der Waals surface area contributed by atoms with Crippen molar-refractivity contribution in [1.29, 1.82) is 0 Å².